The van der Waals surface area contributed by atoms with Crippen molar-refractivity contribution < 1.29 is 67.5 Å². The van der Waals surface area contributed by atoms with Gasteiger partial charge in [0.05, 0.1) is 0 Å². The molecule has 0 aliphatic carbocycles. The van der Waals surface area contributed by atoms with Crippen LogP contribution in [0.25, 0.3) is 0 Å². The normalized spacial score (nSPS) is 1.60. The second-order valence-electron chi connectivity index (χ2n) is 0.0833. The predicted octanol–water partition coefficient (Wildman–Crippen LogP) is -1.16. The topological polar surface area (TPSA) is 34.1 Å². The molecule has 0 atom stereocenters. The molecule has 0 aromatic rings. The van der Waals surface area contributed by atoms with Crippen molar-refractivity contribution in [1.29, 1.82) is 0 Å². The molecule has 0 bridgehead atoms. The van der Waals surface area contributed by atoms with Gasteiger partial charge in [-0.25, -0.2) is 0 Å². The molecule has 0 saturated heterocycles. The maximum atomic E-state index is 8.50. The van der Waals surface area contributed by atoms with E-state index in [4.69, 9.17) is 6.65 Å². The first kappa shape index (κ1) is 15.6. The third-order valence-corrected chi connectivity index (χ3v) is 0. The SMILES string of the molecule is [Ce].[O]=[Ti]=[O].[PbH2]. The predicted molar refractivity (Wildman–Crippen MR) is 9.92 cm³/mol. The molecule has 2 nitrogen and oxygen atoms in total. The Morgan fingerprint density at radius 1 is 1.20 bits per heavy atom. The molecular weight excluding hydrogens is 427 g/mol. The molecule has 0 fully saturated rings. The van der Waals surface area contributed by atoms with Gasteiger partial charge >= 0.3 is 53.0 Å². The Labute approximate surface area is 92.6 Å². The van der Waals surface area contributed by atoms with E-state index in [9.17, 15) is 0 Å². The minimum atomic E-state index is -2.00. The zero-order valence-electron chi connectivity index (χ0n) is 2.52. The Morgan fingerprint density at radius 3 is 1.20 bits per heavy atom. The zero-order valence-corrected chi connectivity index (χ0v) is 12.7. The molecule has 0 spiro atoms. The molecule has 0 heterocycles. The molecular formula is H2CeO2PbTi. The Kier molecular flexibility index (Phi) is 49.9. The average Bonchev–Trinajstić information content (AvgIpc) is 0.918. The van der Waals surface area contributed by atoms with Gasteiger partial charge in [0.25, 0.3) is 0 Å². The molecule has 0 rings (SSSR count). The van der Waals surface area contributed by atoms with Crippen LogP contribution in [0, 0.1) is 41.7 Å². The molecule has 0 aromatic carbocycles. The van der Waals surface area contributed by atoms with Crippen LogP contribution >= 0.6 is 0 Å². The van der Waals surface area contributed by atoms with Gasteiger partial charge in [0.2, 0.25) is 0 Å². The van der Waals surface area contributed by atoms with E-state index >= 15 is 0 Å². The van der Waals surface area contributed by atoms with Crippen LogP contribution in [0.5, 0.6) is 0 Å². The van der Waals surface area contributed by atoms with Crippen LogP contribution in [0.4, 0.5) is 0 Å². The quantitative estimate of drug-likeness (QED) is 0.456. The van der Waals surface area contributed by atoms with Crippen molar-refractivity contribution >= 4 is 27.3 Å². The van der Waals surface area contributed by atoms with E-state index in [1.54, 1.807) is 0 Å². The van der Waals surface area contributed by atoms with Crippen molar-refractivity contribution in [3.63, 3.8) is 0 Å². The molecule has 0 aliphatic heterocycles. The van der Waals surface area contributed by atoms with Crippen LogP contribution < -0.4 is 0 Å². The Bertz CT molecular complexity index is 30.6. The van der Waals surface area contributed by atoms with Gasteiger partial charge in [-0.1, -0.05) is 0 Å². The van der Waals surface area contributed by atoms with E-state index in [0.29, 0.717) is 0 Å². The van der Waals surface area contributed by atoms with Gasteiger partial charge in [-0.15, -0.1) is 0 Å². The fourth-order valence-electron chi connectivity index (χ4n) is 0. The van der Waals surface area contributed by atoms with E-state index in [-0.39, 0.29) is 69.0 Å². The van der Waals surface area contributed by atoms with E-state index in [1.807, 2.05) is 0 Å². The number of hydrogen-bond donors (Lipinski definition) is 0. The van der Waals surface area contributed by atoms with Gasteiger partial charge in [-0.2, -0.15) is 0 Å². The molecule has 0 aliphatic rings. The van der Waals surface area contributed by atoms with Gasteiger partial charge in [0, 0.05) is 41.7 Å². The summed E-state index contributed by atoms with van der Waals surface area (Å²) in [5.41, 5.74) is 0. The van der Waals surface area contributed by atoms with Gasteiger partial charge in [-0.3, -0.25) is 0 Å². The summed E-state index contributed by atoms with van der Waals surface area (Å²) in [7, 11) is 0. The molecule has 2 radical (unpaired) electrons. The molecule has 0 aromatic heterocycles. The monoisotopic (exact) mass is 430 g/mol. The fourth-order valence-corrected chi connectivity index (χ4v) is 0. The summed E-state index contributed by atoms with van der Waals surface area (Å²) in [4.78, 5) is 0. The summed E-state index contributed by atoms with van der Waals surface area (Å²) in [6.45, 7) is 0. The Hall–Kier alpha value is 2.61. The summed E-state index contributed by atoms with van der Waals surface area (Å²) in [6.07, 6.45) is 0. The number of rotatable bonds is 0. The van der Waals surface area contributed by atoms with Gasteiger partial charge in [0.1, 0.15) is 0 Å². The van der Waals surface area contributed by atoms with Crippen LogP contribution in [-0.2, 0) is 25.7 Å². The average molecular weight is 429 g/mol. The molecule has 5 heteroatoms. The first-order valence-corrected chi connectivity index (χ1v) is 1.68. The second-order valence-corrected chi connectivity index (χ2v) is 0.344. The Balaban J connectivity index is -0.0000000200. The van der Waals surface area contributed by atoms with Gasteiger partial charge < -0.3 is 0 Å². The number of hydrogen-bond acceptors (Lipinski definition) is 2. The summed E-state index contributed by atoms with van der Waals surface area (Å²) < 4.78 is 17.0. The first-order valence-electron chi connectivity index (χ1n) is 0.408. The van der Waals surface area contributed by atoms with Crippen molar-refractivity contribution in [3.8, 4) is 0 Å². The molecule has 0 N–H and O–H groups in total. The fraction of sp³-hybridized carbons (Fsp3) is 0. The van der Waals surface area contributed by atoms with Crippen LogP contribution in [0.2, 0.25) is 0 Å². The summed E-state index contributed by atoms with van der Waals surface area (Å²) in [5, 5.41) is 0. The summed E-state index contributed by atoms with van der Waals surface area (Å²) >= 11 is -2.00. The zero-order chi connectivity index (χ0) is 2.71. The molecule has 0 unspecified atom stereocenters. The van der Waals surface area contributed by atoms with Crippen molar-refractivity contribution in [2.45, 2.75) is 0 Å². The van der Waals surface area contributed by atoms with Crippen LogP contribution in [0.15, 0.2) is 0 Å². The van der Waals surface area contributed by atoms with Crippen molar-refractivity contribution in [2.24, 2.45) is 0 Å². The molecule has 5 heavy (non-hydrogen) atoms. The van der Waals surface area contributed by atoms with Gasteiger partial charge in [-0.05, 0) is 0 Å². The van der Waals surface area contributed by atoms with Crippen LogP contribution in [0.1, 0.15) is 0 Å². The minimum absolute atomic E-state index is 0. The van der Waals surface area contributed by atoms with Crippen LogP contribution in [-0.4, -0.2) is 27.3 Å². The molecule has 0 amide bonds. The van der Waals surface area contributed by atoms with E-state index in [2.05, 4.69) is 0 Å². The van der Waals surface area contributed by atoms with Crippen molar-refractivity contribution in [3.05, 3.63) is 0 Å². The summed E-state index contributed by atoms with van der Waals surface area (Å²) in [6, 6.07) is 0. The second kappa shape index (κ2) is 16.0. The van der Waals surface area contributed by atoms with E-state index in [0.717, 1.165) is 0 Å². The maximum absolute atomic E-state index is 8.50. The first-order chi connectivity index (χ1) is 1.41. The van der Waals surface area contributed by atoms with E-state index in [1.165, 1.54) is 0 Å². The van der Waals surface area contributed by atoms with Crippen LogP contribution in [0.3, 0.4) is 0 Å². The standard InChI is InChI=1S/Ce.2O.Pb.Ti.2H. The third kappa shape index (κ3) is 20.6. The molecule has 0 saturated carbocycles. The van der Waals surface area contributed by atoms with E-state index < -0.39 is 19.1 Å². The molecule has 26 valence electrons. The summed E-state index contributed by atoms with van der Waals surface area (Å²) in [5.74, 6) is 0. The van der Waals surface area contributed by atoms with Crippen molar-refractivity contribution in [1.82, 2.24) is 0 Å². The van der Waals surface area contributed by atoms with Gasteiger partial charge in [0.15, 0.2) is 0 Å². The Morgan fingerprint density at radius 2 is 1.20 bits per heavy atom. The third-order valence-electron chi connectivity index (χ3n) is 0. The van der Waals surface area contributed by atoms with Crippen molar-refractivity contribution in [2.75, 3.05) is 0 Å².